The van der Waals surface area contributed by atoms with Crippen LogP contribution in [0.5, 0.6) is 0 Å². The van der Waals surface area contributed by atoms with Crippen molar-refractivity contribution in [2.45, 2.75) is 57.4 Å². The first kappa shape index (κ1) is 18.2. The van der Waals surface area contributed by atoms with E-state index in [-0.39, 0.29) is 35.2 Å². The van der Waals surface area contributed by atoms with Crippen LogP contribution in [0.3, 0.4) is 0 Å². The molecule has 130 valence electrons. The summed E-state index contributed by atoms with van der Waals surface area (Å²) in [6.07, 6.45) is 1.31. The molecule has 0 aliphatic carbocycles. The minimum atomic E-state index is -3.02. The Morgan fingerprint density at radius 3 is 2.78 bits per heavy atom. The van der Waals surface area contributed by atoms with Gasteiger partial charge in [-0.15, -0.1) is 5.10 Å². The third-order valence-corrected chi connectivity index (χ3v) is 6.77. The topological polar surface area (TPSA) is 98.1 Å². The molecule has 2 rings (SSSR count). The van der Waals surface area contributed by atoms with Crippen molar-refractivity contribution in [2.24, 2.45) is 0 Å². The Labute approximate surface area is 140 Å². The zero-order chi connectivity index (χ0) is 17.0. The Morgan fingerprint density at radius 1 is 1.48 bits per heavy atom. The van der Waals surface area contributed by atoms with Crippen LogP contribution in [0.25, 0.3) is 0 Å². The second-order valence-electron chi connectivity index (χ2n) is 5.68. The number of hydrogen-bond donors (Lipinski definition) is 0. The van der Waals surface area contributed by atoms with Crippen LogP contribution in [0.1, 0.15) is 33.6 Å². The van der Waals surface area contributed by atoms with Gasteiger partial charge in [-0.2, -0.15) is 0 Å². The van der Waals surface area contributed by atoms with E-state index in [4.69, 9.17) is 0 Å². The molecule has 10 heteroatoms. The fraction of sp³-hybridized carbons (Fsp3) is 0.846. The third kappa shape index (κ3) is 4.43. The van der Waals surface area contributed by atoms with E-state index in [9.17, 15) is 13.2 Å². The van der Waals surface area contributed by atoms with Crippen molar-refractivity contribution in [3.63, 3.8) is 0 Å². The summed E-state index contributed by atoms with van der Waals surface area (Å²) < 4.78 is 25.1. The van der Waals surface area contributed by atoms with Gasteiger partial charge in [-0.05, 0) is 37.1 Å². The van der Waals surface area contributed by atoms with Crippen molar-refractivity contribution in [3.05, 3.63) is 0 Å². The molecule has 0 aromatic carbocycles. The minimum absolute atomic E-state index is 0.0172. The molecule has 1 amide bonds. The van der Waals surface area contributed by atoms with E-state index in [1.807, 2.05) is 20.8 Å². The summed E-state index contributed by atoms with van der Waals surface area (Å²) in [5, 5.41) is 11.9. The normalized spacial score (nSPS) is 21.3. The summed E-state index contributed by atoms with van der Waals surface area (Å²) >= 11 is 1.29. The summed E-state index contributed by atoms with van der Waals surface area (Å²) in [6.45, 7) is 6.53. The highest BCUT2D eigenvalue weighted by Gasteiger charge is 2.36. The molecule has 0 radical (unpaired) electrons. The van der Waals surface area contributed by atoms with E-state index in [2.05, 4.69) is 15.5 Å². The van der Waals surface area contributed by atoms with Crippen LogP contribution >= 0.6 is 11.8 Å². The second-order valence-corrected chi connectivity index (χ2v) is 8.85. The number of nitrogens with zero attached hydrogens (tertiary/aromatic N) is 5. The molecule has 1 saturated heterocycles. The quantitative estimate of drug-likeness (QED) is 0.656. The lowest BCUT2D eigenvalue weighted by molar-refractivity contribution is -0.132. The van der Waals surface area contributed by atoms with E-state index >= 15 is 0 Å². The molecule has 1 aliphatic rings. The number of rotatable bonds is 7. The molecule has 2 atom stereocenters. The zero-order valence-corrected chi connectivity index (χ0v) is 15.3. The van der Waals surface area contributed by atoms with Gasteiger partial charge in [0.2, 0.25) is 11.1 Å². The second kappa shape index (κ2) is 7.61. The highest BCUT2D eigenvalue weighted by molar-refractivity contribution is 7.99. The van der Waals surface area contributed by atoms with Gasteiger partial charge in [0.15, 0.2) is 9.84 Å². The van der Waals surface area contributed by atoms with Gasteiger partial charge in [0.25, 0.3) is 0 Å². The van der Waals surface area contributed by atoms with Gasteiger partial charge in [-0.25, -0.2) is 13.1 Å². The van der Waals surface area contributed by atoms with Crippen LogP contribution < -0.4 is 0 Å². The Bertz CT molecular complexity index is 646. The molecule has 0 N–H and O–H groups in total. The molecule has 2 heterocycles. The first-order chi connectivity index (χ1) is 10.9. The molecule has 1 aromatic heterocycles. The largest absolute Gasteiger partial charge is 0.335 e. The predicted octanol–water partition coefficient (Wildman–Crippen LogP) is 0.599. The lowest BCUT2D eigenvalue weighted by Crippen LogP contribution is -2.47. The molecular formula is C13H23N5O3S2. The third-order valence-electron chi connectivity index (χ3n) is 4.08. The molecule has 1 fully saturated rings. The highest BCUT2D eigenvalue weighted by Crippen LogP contribution is 2.23. The molecular weight excluding hydrogens is 338 g/mol. The lowest BCUT2D eigenvalue weighted by Gasteiger charge is -2.33. The van der Waals surface area contributed by atoms with Crippen molar-refractivity contribution < 1.29 is 13.2 Å². The van der Waals surface area contributed by atoms with Gasteiger partial charge < -0.3 is 4.90 Å². The zero-order valence-electron chi connectivity index (χ0n) is 13.7. The lowest BCUT2D eigenvalue weighted by atomic mass is 10.1. The van der Waals surface area contributed by atoms with Crippen LogP contribution in [0.2, 0.25) is 0 Å². The van der Waals surface area contributed by atoms with Gasteiger partial charge in [-0.1, -0.05) is 18.7 Å². The van der Waals surface area contributed by atoms with Gasteiger partial charge in [-0.3, -0.25) is 4.79 Å². The van der Waals surface area contributed by atoms with Crippen molar-refractivity contribution in [1.82, 2.24) is 25.1 Å². The summed E-state index contributed by atoms with van der Waals surface area (Å²) in [4.78, 5) is 14.4. The van der Waals surface area contributed by atoms with Crippen LogP contribution in [0, 0.1) is 0 Å². The maximum atomic E-state index is 12.7. The first-order valence-corrected chi connectivity index (χ1v) is 10.6. The van der Waals surface area contributed by atoms with Gasteiger partial charge in [0, 0.05) is 18.6 Å². The number of carbonyl (C=O) groups is 1. The average Bonchev–Trinajstić information content (AvgIpc) is 3.11. The van der Waals surface area contributed by atoms with E-state index < -0.39 is 9.84 Å². The molecule has 1 aromatic rings. The van der Waals surface area contributed by atoms with Crippen molar-refractivity contribution >= 4 is 27.5 Å². The maximum Gasteiger partial charge on any atom is 0.233 e. The molecule has 1 aliphatic heterocycles. The van der Waals surface area contributed by atoms with Crippen LogP contribution in [-0.4, -0.2) is 68.8 Å². The van der Waals surface area contributed by atoms with Crippen LogP contribution in [-0.2, 0) is 21.2 Å². The summed E-state index contributed by atoms with van der Waals surface area (Å²) in [7, 11) is -3.02. The van der Waals surface area contributed by atoms with Crippen LogP contribution in [0.4, 0.5) is 0 Å². The Kier molecular flexibility index (Phi) is 6.01. The molecule has 2 unspecified atom stereocenters. The number of hydrogen-bond acceptors (Lipinski definition) is 7. The van der Waals surface area contributed by atoms with Crippen molar-refractivity contribution in [2.75, 3.05) is 17.3 Å². The first-order valence-electron chi connectivity index (χ1n) is 7.78. The van der Waals surface area contributed by atoms with Crippen molar-refractivity contribution in [3.8, 4) is 0 Å². The molecule has 0 spiro atoms. The number of amides is 1. The summed E-state index contributed by atoms with van der Waals surface area (Å²) in [5.74, 6) is 0.387. The standard InChI is InChI=1S/C13H23N5O3S2/c1-4-10(3)18(11-6-7-23(20,21)9-11)12(19)8-22-13-14-15-16-17(13)5-2/h10-11H,4-9H2,1-3H3. The fourth-order valence-electron chi connectivity index (χ4n) is 2.70. The summed E-state index contributed by atoms with van der Waals surface area (Å²) in [6, 6.07) is -0.200. The number of sulfone groups is 1. The number of aryl methyl sites for hydroxylation is 1. The number of tetrazole rings is 1. The minimum Gasteiger partial charge on any atom is -0.335 e. The summed E-state index contributed by atoms with van der Waals surface area (Å²) in [5.41, 5.74) is 0. The van der Waals surface area contributed by atoms with E-state index in [1.165, 1.54) is 11.8 Å². The SMILES string of the molecule is CCC(C)N(C(=O)CSc1nnnn1CC)C1CCS(=O)(=O)C1. The monoisotopic (exact) mass is 361 g/mol. The number of thioether (sulfide) groups is 1. The molecule has 8 nitrogen and oxygen atoms in total. The highest BCUT2D eigenvalue weighted by atomic mass is 32.2. The van der Waals surface area contributed by atoms with Gasteiger partial charge >= 0.3 is 0 Å². The van der Waals surface area contributed by atoms with E-state index in [0.717, 1.165) is 6.42 Å². The van der Waals surface area contributed by atoms with E-state index in [1.54, 1.807) is 9.58 Å². The number of carbonyl (C=O) groups excluding carboxylic acids is 1. The molecule has 23 heavy (non-hydrogen) atoms. The smallest absolute Gasteiger partial charge is 0.233 e. The van der Waals surface area contributed by atoms with Gasteiger partial charge in [0.05, 0.1) is 17.3 Å². The Balaban J connectivity index is 2.05. The van der Waals surface area contributed by atoms with Crippen molar-refractivity contribution in [1.29, 1.82) is 0 Å². The predicted molar refractivity (Wildman–Crippen MR) is 87.9 cm³/mol. The Morgan fingerprint density at radius 2 is 2.22 bits per heavy atom. The fourth-order valence-corrected chi connectivity index (χ4v) is 5.22. The van der Waals surface area contributed by atoms with E-state index in [0.29, 0.717) is 18.1 Å². The molecule has 0 saturated carbocycles. The number of aromatic nitrogens is 4. The molecule has 0 bridgehead atoms. The van der Waals surface area contributed by atoms with Gasteiger partial charge in [0.1, 0.15) is 0 Å². The van der Waals surface area contributed by atoms with Crippen LogP contribution in [0.15, 0.2) is 5.16 Å². The Hall–Kier alpha value is -1.16. The maximum absolute atomic E-state index is 12.7. The average molecular weight is 361 g/mol.